The molecule has 0 spiro atoms. The van der Waals surface area contributed by atoms with Crippen molar-refractivity contribution < 1.29 is 23.4 Å². The van der Waals surface area contributed by atoms with E-state index in [-0.39, 0.29) is 10.5 Å². The topological polar surface area (TPSA) is 91.7 Å². The molecule has 1 aromatic carbocycles. The lowest BCUT2D eigenvalue weighted by molar-refractivity contribution is -0.130. The van der Waals surface area contributed by atoms with E-state index in [0.29, 0.717) is 0 Å². The summed E-state index contributed by atoms with van der Waals surface area (Å²) in [5, 5.41) is 18.0. The van der Waals surface area contributed by atoms with Crippen molar-refractivity contribution >= 4 is 15.6 Å². The van der Waals surface area contributed by atoms with Crippen LogP contribution in [0.25, 0.3) is 0 Å². The molecule has 0 aliphatic heterocycles. The minimum absolute atomic E-state index is 0.111. The Labute approximate surface area is 93.3 Å². The third-order valence-electron chi connectivity index (χ3n) is 2.08. The van der Waals surface area contributed by atoms with Crippen molar-refractivity contribution in [2.45, 2.75) is 11.0 Å². The first-order valence-electron chi connectivity index (χ1n) is 4.48. The Kier molecular flexibility index (Phi) is 3.79. The first-order chi connectivity index (χ1) is 7.36. The highest BCUT2D eigenvalue weighted by molar-refractivity contribution is 7.90. The van der Waals surface area contributed by atoms with Crippen molar-refractivity contribution in [3.8, 4) is 0 Å². The first-order valence-corrected chi connectivity index (χ1v) is 6.37. The number of Topliss-reactive ketones (excluding diaryl/α,β-unsaturated/α-hetero) is 1. The molecule has 0 aliphatic rings. The number of sulfone groups is 1. The molecule has 88 valence electrons. The van der Waals surface area contributed by atoms with Crippen LogP contribution in [0.4, 0.5) is 0 Å². The van der Waals surface area contributed by atoms with Crippen LogP contribution in [0.3, 0.4) is 0 Å². The van der Waals surface area contributed by atoms with Crippen molar-refractivity contribution in [2.24, 2.45) is 0 Å². The van der Waals surface area contributed by atoms with E-state index in [2.05, 4.69) is 0 Å². The van der Waals surface area contributed by atoms with Crippen molar-refractivity contribution in [3.63, 3.8) is 0 Å². The Morgan fingerprint density at radius 1 is 1.31 bits per heavy atom. The van der Waals surface area contributed by atoms with Crippen LogP contribution in [0.1, 0.15) is 11.7 Å². The monoisotopic (exact) mass is 244 g/mol. The van der Waals surface area contributed by atoms with E-state index in [9.17, 15) is 18.3 Å². The third-order valence-corrected chi connectivity index (χ3v) is 3.21. The largest absolute Gasteiger partial charge is 0.388 e. The number of carbonyl (C=O) groups excluding carboxylic acids is 1. The lowest BCUT2D eigenvalue weighted by Crippen LogP contribution is -2.15. The molecule has 1 aromatic rings. The Morgan fingerprint density at radius 3 is 2.19 bits per heavy atom. The molecular weight excluding hydrogens is 232 g/mol. The SMILES string of the molecule is CS(=O)(=O)c1ccc([C@@H](O)C(=O)CO)cc1. The Balaban J connectivity index is 3.00. The van der Waals surface area contributed by atoms with E-state index < -0.39 is 28.3 Å². The normalized spacial score (nSPS) is 13.4. The second-order valence-electron chi connectivity index (χ2n) is 3.37. The van der Waals surface area contributed by atoms with Gasteiger partial charge in [-0.3, -0.25) is 4.79 Å². The van der Waals surface area contributed by atoms with Crippen molar-refractivity contribution in [1.29, 1.82) is 0 Å². The number of aliphatic hydroxyl groups is 2. The van der Waals surface area contributed by atoms with E-state index in [4.69, 9.17) is 5.11 Å². The molecule has 2 N–H and O–H groups in total. The van der Waals surface area contributed by atoms with Gasteiger partial charge >= 0.3 is 0 Å². The molecular formula is C10H12O5S. The van der Waals surface area contributed by atoms with Gasteiger partial charge in [0, 0.05) is 6.26 Å². The summed E-state index contributed by atoms with van der Waals surface area (Å²) in [7, 11) is -3.29. The summed E-state index contributed by atoms with van der Waals surface area (Å²) in [4.78, 5) is 11.1. The maximum absolute atomic E-state index is 11.1. The van der Waals surface area contributed by atoms with Crippen LogP contribution in [0.2, 0.25) is 0 Å². The highest BCUT2D eigenvalue weighted by Gasteiger charge is 2.16. The van der Waals surface area contributed by atoms with Gasteiger partial charge < -0.3 is 10.2 Å². The van der Waals surface area contributed by atoms with Gasteiger partial charge in [0.2, 0.25) is 0 Å². The van der Waals surface area contributed by atoms with E-state index in [1.54, 1.807) is 0 Å². The maximum atomic E-state index is 11.1. The quantitative estimate of drug-likeness (QED) is 0.757. The molecule has 0 bridgehead atoms. The summed E-state index contributed by atoms with van der Waals surface area (Å²) in [6.07, 6.45) is -0.351. The zero-order chi connectivity index (χ0) is 12.3. The number of aliphatic hydroxyl groups excluding tert-OH is 2. The van der Waals surface area contributed by atoms with E-state index in [1.165, 1.54) is 24.3 Å². The number of benzene rings is 1. The number of carbonyl (C=O) groups is 1. The first kappa shape index (κ1) is 12.8. The number of hydrogen-bond donors (Lipinski definition) is 2. The van der Waals surface area contributed by atoms with Crippen LogP contribution >= 0.6 is 0 Å². The molecule has 1 rings (SSSR count). The molecule has 0 radical (unpaired) electrons. The average Bonchev–Trinajstić information content (AvgIpc) is 2.26. The van der Waals surface area contributed by atoms with Gasteiger partial charge in [0.05, 0.1) is 4.90 Å². The molecule has 1 atom stereocenters. The predicted molar refractivity (Wildman–Crippen MR) is 56.6 cm³/mol. The third kappa shape index (κ3) is 2.88. The minimum Gasteiger partial charge on any atom is -0.388 e. The second-order valence-corrected chi connectivity index (χ2v) is 5.38. The summed E-state index contributed by atoms with van der Waals surface area (Å²) in [6.45, 7) is -0.755. The number of hydrogen-bond acceptors (Lipinski definition) is 5. The Morgan fingerprint density at radius 2 is 1.81 bits per heavy atom. The molecule has 0 saturated carbocycles. The zero-order valence-corrected chi connectivity index (χ0v) is 9.44. The number of ketones is 1. The van der Waals surface area contributed by atoms with E-state index in [1.807, 2.05) is 0 Å². The van der Waals surface area contributed by atoms with Crippen LogP contribution in [0.5, 0.6) is 0 Å². The average molecular weight is 244 g/mol. The van der Waals surface area contributed by atoms with Crippen LogP contribution in [0, 0.1) is 0 Å². The predicted octanol–water partition coefficient (Wildman–Crippen LogP) is -0.315. The summed E-state index contributed by atoms with van der Waals surface area (Å²) in [5.74, 6) is -0.730. The number of rotatable bonds is 4. The van der Waals surface area contributed by atoms with E-state index >= 15 is 0 Å². The molecule has 0 saturated heterocycles. The maximum Gasteiger partial charge on any atom is 0.191 e. The van der Waals surface area contributed by atoms with Crippen LogP contribution in [-0.2, 0) is 14.6 Å². The summed E-state index contributed by atoms with van der Waals surface area (Å²) in [5.41, 5.74) is 0.256. The van der Waals surface area contributed by atoms with Gasteiger partial charge in [-0.05, 0) is 17.7 Å². The molecule has 6 heteroatoms. The van der Waals surface area contributed by atoms with Gasteiger partial charge in [0.15, 0.2) is 15.6 Å². The highest BCUT2D eigenvalue weighted by atomic mass is 32.2. The lowest BCUT2D eigenvalue weighted by atomic mass is 10.1. The molecule has 0 heterocycles. The molecule has 0 unspecified atom stereocenters. The fraction of sp³-hybridized carbons (Fsp3) is 0.300. The van der Waals surface area contributed by atoms with E-state index in [0.717, 1.165) is 6.26 Å². The fourth-order valence-corrected chi connectivity index (χ4v) is 1.80. The fourth-order valence-electron chi connectivity index (χ4n) is 1.17. The lowest BCUT2D eigenvalue weighted by Gasteiger charge is -2.08. The van der Waals surface area contributed by atoms with Crippen molar-refractivity contribution in [2.75, 3.05) is 12.9 Å². The summed E-state index contributed by atoms with van der Waals surface area (Å²) in [6, 6.07) is 5.29. The van der Waals surface area contributed by atoms with Crippen molar-refractivity contribution in [3.05, 3.63) is 29.8 Å². The summed E-state index contributed by atoms with van der Waals surface area (Å²) >= 11 is 0. The molecule has 5 nitrogen and oxygen atoms in total. The van der Waals surface area contributed by atoms with Gasteiger partial charge in [0.25, 0.3) is 0 Å². The van der Waals surface area contributed by atoms with Gasteiger partial charge in [-0.15, -0.1) is 0 Å². The summed E-state index contributed by atoms with van der Waals surface area (Å²) < 4.78 is 22.3. The zero-order valence-electron chi connectivity index (χ0n) is 8.62. The van der Waals surface area contributed by atoms with Gasteiger partial charge in [-0.2, -0.15) is 0 Å². The van der Waals surface area contributed by atoms with Crippen LogP contribution in [-0.4, -0.2) is 37.3 Å². The van der Waals surface area contributed by atoms with Gasteiger partial charge in [-0.25, -0.2) is 8.42 Å². The Bertz CT molecular complexity index is 474. The van der Waals surface area contributed by atoms with Crippen molar-refractivity contribution in [1.82, 2.24) is 0 Å². The minimum atomic E-state index is -3.29. The Hall–Kier alpha value is -1.24. The molecule has 0 aromatic heterocycles. The second kappa shape index (κ2) is 4.73. The molecule has 0 amide bonds. The molecule has 0 aliphatic carbocycles. The van der Waals surface area contributed by atoms with Crippen LogP contribution < -0.4 is 0 Å². The van der Waals surface area contributed by atoms with Crippen LogP contribution in [0.15, 0.2) is 29.2 Å². The van der Waals surface area contributed by atoms with Gasteiger partial charge in [0.1, 0.15) is 12.7 Å². The molecule has 0 fully saturated rings. The standard InChI is InChI=1S/C10H12O5S/c1-16(14,15)8-4-2-7(3-5-8)10(13)9(12)6-11/h2-5,10-11,13H,6H2,1H3/t10-/m1/s1. The molecule has 16 heavy (non-hydrogen) atoms. The smallest absolute Gasteiger partial charge is 0.191 e. The van der Waals surface area contributed by atoms with Gasteiger partial charge in [-0.1, -0.05) is 12.1 Å². The highest BCUT2D eigenvalue weighted by Crippen LogP contribution is 2.16.